The molecule has 8 heteroatoms. The monoisotopic (exact) mass is 342 g/mol. The zero-order valence-corrected chi connectivity index (χ0v) is 14.1. The van der Waals surface area contributed by atoms with Crippen LogP contribution in [0.4, 0.5) is 0 Å². The van der Waals surface area contributed by atoms with Gasteiger partial charge in [0.25, 0.3) is 0 Å². The van der Waals surface area contributed by atoms with Crippen LogP contribution >= 0.6 is 11.5 Å². The van der Waals surface area contributed by atoms with E-state index in [1.807, 2.05) is 0 Å². The van der Waals surface area contributed by atoms with E-state index in [9.17, 15) is 9.59 Å². The van der Waals surface area contributed by atoms with Gasteiger partial charge in [0.05, 0.1) is 17.0 Å². The van der Waals surface area contributed by atoms with Crippen molar-refractivity contribution in [3.8, 4) is 5.88 Å². The van der Waals surface area contributed by atoms with E-state index in [0.717, 1.165) is 11.5 Å². The fourth-order valence-electron chi connectivity index (χ4n) is 2.29. The molecular formula is C16H14N4O3S. The third-order valence-corrected chi connectivity index (χ3v) is 4.28. The molecule has 0 atom stereocenters. The minimum absolute atomic E-state index is 0.110. The van der Waals surface area contributed by atoms with Crippen molar-refractivity contribution >= 4 is 23.3 Å². The Bertz CT molecular complexity index is 915. The van der Waals surface area contributed by atoms with Gasteiger partial charge in [-0.25, -0.2) is 9.48 Å². The molecule has 1 aromatic carbocycles. The quantitative estimate of drug-likeness (QED) is 0.534. The number of benzene rings is 1. The Labute approximate surface area is 142 Å². The van der Waals surface area contributed by atoms with Gasteiger partial charge in [0.2, 0.25) is 11.7 Å². The van der Waals surface area contributed by atoms with Crippen molar-refractivity contribution in [2.75, 3.05) is 0 Å². The summed E-state index contributed by atoms with van der Waals surface area (Å²) in [5, 5.41) is 8.05. The van der Waals surface area contributed by atoms with Gasteiger partial charge >= 0.3 is 5.97 Å². The largest absolute Gasteiger partial charge is 0.403 e. The Morgan fingerprint density at radius 1 is 1.12 bits per heavy atom. The van der Waals surface area contributed by atoms with Gasteiger partial charge in [0.15, 0.2) is 0 Å². The second kappa shape index (κ2) is 6.32. The number of ether oxygens (including phenoxy) is 1. The molecular weight excluding hydrogens is 328 g/mol. The van der Waals surface area contributed by atoms with Gasteiger partial charge < -0.3 is 4.74 Å². The molecule has 0 aliphatic carbocycles. The first kappa shape index (κ1) is 16.0. The lowest BCUT2D eigenvalue weighted by Gasteiger charge is -2.06. The molecule has 7 nitrogen and oxygen atoms in total. The molecule has 0 aliphatic heterocycles. The minimum atomic E-state index is -0.549. The van der Waals surface area contributed by atoms with Crippen molar-refractivity contribution in [1.82, 2.24) is 19.4 Å². The van der Waals surface area contributed by atoms with Crippen molar-refractivity contribution < 1.29 is 14.3 Å². The molecule has 0 fully saturated rings. The maximum absolute atomic E-state index is 12.8. The fourth-order valence-corrected chi connectivity index (χ4v) is 2.89. The molecule has 0 N–H and O–H groups in total. The Morgan fingerprint density at radius 2 is 1.83 bits per heavy atom. The third kappa shape index (κ3) is 2.83. The van der Waals surface area contributed by atoms with Crippen LogP contribution in [0.15, 0.2) is 30.3 Å². The molecule has 122 valence electrons. The van der Waals surface area contributed by atoms with Crippen LogP contribution in [0.2, 0.25) is 0 Å². The van der Waals surface area contributed by atoms with Crippen LogP contribution in [0.5, 0.6) is 5.88 Å². The average molecular weight is 342 g/mol. The van der Waals surface area contributed by atoms with Crippen LogP contribution in [0.25, 0.3) is 0 Å². The molecule has 0 aliphatic rings. The highest BCUT2D eigenvalue weighted by atomic mass is 32.1. The molecule has 3 aromatic rings. The zero-order valence-electron chi connectivity index (χ0n) is 13.3. The highest BCUT2D eigenvalue weighted by Crippen LogP contribution is 2.27. The zero-order chi connectivity index (χ0) is 17.3. The Balaban J connectivity index is 1.99. The van der Waals surface area contributed by atoms with Gasteiger partial charge in [-0.15, -0.1) is 5.10 Å². The summed E-state index contributed by atoms with van der Waals surface area (Å²) in [5.41, 5.74) is 1.65. The number of esters is 1. The summed E-state index contributed by atoms with van der Waals surface area (Å²) in [6.45, 7) is 3.40. The van der Waals surface area contributed by atoms with Gasteiger partial charge in [-0.05, 0) is 37.5 Å². The minimum Gasteiger partial charge on any atom is -0.403 e. The number of hydrogen-bond acceptors (Lipinski definition) is 7. The van der Waals surface area contributed by atoms with Gasteiger partial charge in [-0.2, -0.15) is 5.10 Å². The number of ketones is 1. The number of carbonyl (C=O) groups is 2. The highest BCUT2D eigenvalue weighted by molar-refractivity contribution is 7.08. The highest BCUT2D eigenvalue weighted by Gasteiger charge is 2.27. The molecule has 0 saturated carbocycles. The van der Waals surface area contributed by atoms with Crippen molar-refractivity contribution in [3.05, 3.63) is 57.7 Å². The van der Waals surface area contributed by atoms with E-state index in [1.165, 1.54) is 4.68 Å². The van der Waals surface area contributed by atoms with E-state index >= 15 is 0 Å². The fraction of sp³-hybridized carbons (Fsp3) is 0.188. The average Bonchev–Trinajstić information content (AvgIpc) is 3.11. The number of rotatable bonds is 4. The summed E-state index contributed by atoms with van der Waals surface area (Å²) in [4.78, 5) is 25.5. The molecule has 0 saturated heterocycles. The summed E-state index contributed by atoms with van der Waals surface area (Å²) in [7, 11) is 1.62. The van der Waals surface area contributed by atoms with Crippen molar-refractivity contribution in [2.45, 2.75) is 13.8 Å². The summed E-state index contributed by atoms with van der Waals surface area (Å²) in [5.74, 6) is -0.741. The molecule has 0 bridgehead atoms. The van der Waals surface area contributed by atoms with Crippen LogP contribution < -0.4 is 4.74 Å². The lowest BCUT2D eigenvalue weighted by Crippen LogP contribution is -2.14. The first-order valence-electron chi connectivity index (χ1n) is 7.13. The van der Waals surface area contributed by atoms with Crippen molar-refractivity contribution in [3.63, 3.8) is 0 Å². The summed E-state index contributed by atoms with van der Waals surface area (Å²) >= 11 is 1.01. The van der Waals surface area contributed by atoms with Gasteiger partial charge in [0.1, 0.15) is 10.4 Å². The summed E-state index contributed by atoms with van der Waals surface area (Å²) in [6, 6.07) is 8.57. The van der Waals surface area contributed by atoms with E-state index in [2.05, 4.69) is 14.7 Å². The van der Waals surface area contributed by atoms with E-state index < -0.39 is 5.97 Å². The molecule has 0 radical (unpaired) electrons. The molecule has 2 aromatic heterocycles. The predicted octanol–water partition coefficient (Wildman–Crippen LogP) is 2.34. The topological polar surface area (TPSA) is 87.0 Å². The summed E-state index contributed by atoms with van der Waals surface area (Å²) < 4.78 is 10.6. The molecule has 2 heterocycles. The first-order valence-corrected chi connectivity index (χ1v) is 7.91. The molecule has 0 amide bonds. The van der Waals surface area contributed by atoms with Crippen LogP contribution in [-0.4, -0.2) is 31.1 Å². The molecule has 24 heavy (non-hydrogen) atoms. The molecule has 0 spiro atoms. The lowest BCUT2D eigenvalue weighted by atomic mass is 10.1. The molecule has 0 unspecified atom stereocenters. The van der Waals surface area contributed by atoms with E-state index in [4.69, 9.17) is 4.74 Å². The van der Waals surface area contributed by atoms with Crippen LogP contribution in [0.3, 0.4) is 0 Å². The smallest absolute Gasteiger partial charge is 0.344 e. The Kier molecular flexibility index (Phi) is 4.22. The predicted molar refractivity (Wildman–Crippen MR) is 87.4 cm³/mol. The van der Waals surface area contributed by atoms with E-state index in [1.54, 1.807) is 51.2 Å². The van der Waals surface area contributed by atoms with Crippen LogP contribution in [0, 0.1) is 13.8 Å². The second-order valence-electron chi connectivity index (χ2n) is 5.16. The molecule has 3 rings (SSSR count). The van der Waals surface area contributed by atoms with Gasteiger partial charge in [0, 0.05) is 7.05 Å². The van der Waals surface area contributed by atoms with E-state index in [0.29, 0.717) is 21.8 Å². The Morgan fingerprint density at radius 3 is 2.46 bits per heavy atom. The third-order valence-electron chi connectivity index (χ3n) is 3.45. The number of aryl methyl sites for hydroxylation is 3. The van der Waals surface area contributed by atoms with Gasteiger partial charge in [-0.1, -0.05) is 22.7 Å². The van der Waals surface area contributed by atoms with Crippen LogP contribution in [-0.2, 0) is 7.05 Å². The van der Waals surface area contributed by atoms with Crippen molar-refractivity contribution in [2.24, 2.45) is 7.05 Å². The van der Waals surface area contributed by atoms with E-state index in [-0.39, 0.29) is 17.2 Å². The first-order chi connectivity index (χ1) is 11.5. The maximum atomic E-state index is 12.8. The summed E-state index contributed by atoms with van der Waals surface area (Å²) in [6.07, 6.45) is 0. The Hall–Kier alpha value is -2.87. The lowest BCUT2D eigenvalue weighted by molar-refractivity contribution is 0.0718. The van der Waals surface area contributed by atoms with Gasteiger partial charge in [-0.3, -0.25) is 4.79 Å². The number of hydrogen-bond donors (Lipinski definition) is 0. The SMILES string of the molecule is Cc1nnsc1C(=O)c1c(C)nn(C)c1OC(=O)c1ccccc1. The second-order valence-corrected chi connectivity index (χ2v) is 5.92. The normalized spacial score (nSPS) is 10.6. The number of aromatic nitrogens is 4. The van der Waals surface area contributed by atoms with Crippen LogP contribution in [0.1, 0.15) is 37.0 Å². The number of nitrogens with zero attached hydrogens (tertiary/aromatic N) is 4. The number of carbonyl (C=O) groups excluding carboxylic acids is 2. The standard InChI is InChI=1S/C16H14N4O3S/c1-9-12(13(21)14-10(2)17-19-24-14)15(20(3)18-9)23-16(22)11-7-5-4-6-8-11/h4-8H,1-3H3. The maximum Gasteiger partial charge on any atom is 0.344 e. The van der Waals surface area contributed by atoms with Crippen molar-refractivity contribution in [1.29, 1.82) is 0 Å².